The van der Waals surface area contributed by atoms with Crippen molar-refractivity contribution in [2.24, 2.45) is 5.92 Å². The molecule has 20 heavy (non-hydrogen) atoms. The van der Waals surface area contributed by atoms with Crippen LogP contribution >= 0.6 is 11.6 Å². The van der Waals surface area contributed by atoms with Crippen LogP contribution in [0.15, 0.2) is 18.2 Å². The third-order valence-electron chi connectivity index (χ3n) is 3.93. The highest BCUT2D eigenvalue weighted by Gasteiger charge is 2.24. The van der Waals surface area contributed by atoms with Crippen molar-refractivity contribution in [3.05, 3.63) is 34.6 Å². The fraction of sp³-hybridized carbons (Fsp3) is 0.625. The van der Waals surface area contributed by atoms with Crippen molar-refractivity contribution in [2.45, 2.75) is 32.7 Å². The molecule has 1 aromatic rings. The van der Waals surface area contributed by atoms with E-state index in [0.29, 0.717) is 10.9 Å². The van der Waals surface area contributed by atoms with E-state index in [1.165, 1.54) is 6.07 Å². The van der Waals surface area contributed by atoms with Crippen molar-refractivity contribution in [2.75, 3.05) is 26.2 Å². The van der Waals surface area contributed by atoms with Crippen molar-refractivity contribution in [1.82, 2.24) is 10.2 Å². The number of hydrogen-bond acceptors (Lipinski definition) is 2. The molecule has 0 aromatic heterocycles. The van der Waals surface area contributed by atoms with E-state index in [4.69, 9.17) is 11.6 Å². The van der Waals surface area contributed by atoms with Crippen LogP contribution in [0.3, 0.4) is 0 Å². The van der Waals surface area contributed by atoms with Crippen LogP contribution in [0, 0.1) is 11.7 Å². The van der Waals surface area contributed by atoms with Crippen LogP contribution in [0.2, 0.25) is 5.02 Å². The van der Waals surface area contributed by atoms with Gasteiger partial charge < -0.3 is 5.32 Å². The fourth-order valence-electron chi connectivity index (χ4n) is 2.79. The van der Waals surface area contributed by atoms with Crippen LogP contribution in [0.1, 0.15) is 38.3 Å². The van der Waals surface area contributed by atoms with Gasteiger partial charge in [0, 0.05) is 42.8 Å². The second-order valence-corrected chi connectivity index (χ2v) is 6.38. The molecular weight excluding hydrogens is 275 g/mol. The van der Waals surface area contributed by atoms with Crippen LogP contribution < -0.4 is 5.32 Å². The molecule has 4 heteroatoms. The summed E-state index contributed by atoms with van der Waals surface area (Å²) < 4.78 is 14.3. The molecule has 1 aliphatic rings. The summed E-state index contributed by atoms with van der Waals surface area (Å²) in [7, 11) is 0. The van der Waals surface area contributed by atoms with Gasteiger partial charge in [0.25, 0.3) is 0 Å². The maximum absolute atomic E-state index is 14.3. The Hall–Kier alpha value is -0.640. The molecule has 1 atom stereocenters. The largest absolute Gasteiger partial charge is 0.314 e. The standard InChI is InChI=1S/C16H24ClFN2/c1-12(2)3-6-16(20-9-7-19-8-10-20)14-5-4-13(17)11-15(14)18/h4-5,11-12,16,19H,3,6-10H2,1-2H3/t16-/m1/s1. The van der Waals surface area contributed by atoms with E-state index in [-0.39, 0.29) is 11.9 Å². The summed E-state index contributed by atoms with van der Waals surface area (Å²) in [4.78, 5) is 2.39. The van der Waals surface area contributed by atoms with Gasteiger partial charge in [0.2, 0.25) is 0 Å². The lowest BCUT2D eigenvalue weighted by atomic mass is 9.95. The van der Waals surface area contributed by atoms with Crippen LogP contribution in [0.25, 0.3) is 0 Å². The molecule has 0 unspecified atom stereocenters. The summed E-state index contributed by atoms with van der Waals surface area (Å²) in [6, 6.07) is 5.24. The zero-order chi connectivity index (χ0) is 14.5. The second-order valence-electron chi connectivity index (χ2n) is 5.94. The van der Waals surface area contributed by atoms with Gasteiger partial charge in [-0.05, 0) is 30.9 Å². The normalized spacial score (nSPS) is 18.4. The molecule has 0 aliphatic carbocycles. The zero-order valence-corrected chi connectivity index (χ0v) is 13.1. The molecule has 1 aliphatic heterocycles. The van der Waals surface area contributed by atoms with Gasteiger partial charge >= 0.3 is 0 Å². The lowest BCUT2D eigenvalue weighted by molar-refractivity contribution is 0.156. The molecular formula is C16H24ClFN2. The molecule has 1 heterocycles. The lowest BCUT2D eigenvalue weighted by Gasteiger charge is -2.35. The van der Waals surface area contributed by atoms with Crippen molar-refractivity contribution in [1.29, 1.82) is 0 Å². The quantitative estimate of drug-likeness (QED) is 0.888. The Morgan fingerprint density at radius 2 is 1.95 bits per heavy atom. The summed E-state index contributed by atoms with van der Waals surface area (Å²) in [5.74, 6) is 0.459. The Bertz CT molecular complexity index is 430. The highest BCUT2D eigenvalue weighted by atomic mass is 35.5. The molecule has 2 nitrogen and oxygen atoms in total. The third kappa shape index (κ3) is 4.18. The first kappa shape index (κ1) is 15.7. The van der Waals surface area contributed by atoms with Crippen molar-refractivity contribution in [3.8, 4) is 0 Å². The van der Waals surface area contributed by atoms with Crippen molar-refractivity contribution < 1.29 is 4.39 Å². The number of nitrogens with one attached hydrogen (secondary N) is 1. The Morgan fingerprint density at radius 3 is 2.55 bits per heavy atom. The minimum Gasteiger partial charge on any atom is -0.314 e. The molecule has 0 spiro atoms. The van der Waals surface area contributed by atoms with E-state index in [1.54, 1.807) is 6.07 Å². The molecule has 1 saturated heterocycles. The Morgan fingerprint density at radius 1 is 1.25 bits per heavy atom. The van der Waals surface area contributed by atoms with E-state index >= 15 is 0 Å². The first-order chi connectivity index (χ1) is 9.58. The van der Waals surface area contributed by atoms with E-state index < -0.39 is 0 Å². The van der Waals surface area contributed by atoms with Gasteiger partial charge in [0.15, 0.2) is 0 Å². The predicted octanol–water partition coefficient (Wildman–Crippen LogP) is 3.86. The molecule has 1 fully saturated rings. The Balaban J connectivity index is 2.19. The van der Waals surface area contributed by atoms with Gasteiger partial charge in [-0.3, -0.25) is 4.90 Å². The summed E-state index contributed by atoms with van der Waals surface area (Å²) in [6.45, 7) is 8.34. The van der Waals surface area contributed by atoms with E-state index in [1.807, 2.05) is 6.07 Å². The maximum atomic E-state index is 14.3. The van der Waals surface area contributed by atoms with E-state index in [0.717, 1.165) is 44.6 Å². The molecule has 0 saturated carbocycles. The van der Waals surface area contributed by atoms with E-state index in [2.05, 4.69) is 24.1 Å². The first-order valence-electron chi connectivity index (χ1n) is 7.47. The average molecular weight is 299 g/mol. The second kappa shape index (κ2) is 7.39. The highest BCUT2D eigenvalue weighted by Crippen LogP contribution is 2.30. The summed E-state index contributed by atoms with van der Waals surface area (Å²) in [5.41, 5.74) is 0.789. The van der Waals surface area contributed by atoms with Gasteiger partial charge in [-0.1, -0.05) is 31.5 Å². The topological polar surface area (TPSA) is 15.3 Å². The molecule has 2 rings (SSSR count). The average Bonchev–Trinajstić information content (AvgIpc) is 2.42. The molecule has 1 N–H and O–H groups in total. The maximum Gasteiger partial charge on any atom is 0.129 e. The smallest absolute Gasteiger partial charge is 0.129 e. The Labute approximate surface area is 126 Å². The molecule has 0 radical (unpaired) electrons. The molecule has 112 valence electrons. The summed E-state index contributed by atoms with van der Waals surface area (Å²) in [6.07, 6.45) is 2.10. The number of rotatable bonds is 5. The van der Waals surface area contributed by atoms with E-state index in [9.17, 15) is 4.39 Å². The molecule has 1 aromatic carbocycles. The minimum absolute atomic E-state index is 0.164. The minimum atomic E-state index is -0.176. The highest BCUT2D eigenvalue weighted by molar-refractivity contribution is 6.30. The van der Waals surface area contributed by atoms with Crippen LogP contribution in [0.4, 0.5) is 4.39 Å². The van der Waals surface area contributed by atoms with Gasteiger partial charge in [0.1, 0.15) is 5.82 Å². The number of piperazine rings is 1. The molecule has 0 bridgehead atoms. The van der Waals surface area contributed by atoms with Crippen LogP contribution in [0.5, 0.6) is 0 Å². The number of halogens is 2. The number of nitrogens with zero attached hydrogens (tertiary/aromatic N) is 1. The number of hydrogen-bond donors (Lipinski definition) is 1. The van der Waals surface area contributed by atoms with Gasteiger partial charge in [0.05, 0.1) is 0 Å². The fourth-order valence-corrected chi connectivity index (χ4v) is 2.95. The number of benzene rings is 1. The third-order valence-corrected chi connectivity index (χ3v) is 4.17. The van der Waals surface area contributed by atoms with Gasteiger partial charge in [-0.15, -0.1) is 0 Å². The Kier molecular flexibility index (Phi) is 5.82. The van der Waals surface area contributed by atoms with Crippen molar-refractivity contribution >= 4 is 11.6 Å². The lowest BCUT2D eigenvalue weighted by Crippen LogP contribution is -2.45. The van der Waals surface area contributed by atoms with Crippen LogP contribution in [-0.4, -0.2) is 31.1 Å². The predicted molar refractivity (Wildman–Crippen MR) is 82.7 cm³/mol. The molecule has 0 amide bonds. The SMILES string of the molecule is CC(C)CC[C@H](c1ccc(Cl)cc1F)N1CCNCC1. The first-order valence-corrected chi connectivity index (χ1v) is 7.85. The zero-order valence-electron chi connectivity index (χ0n) is 12.3. The van der Waals surface area contributed by atoms with Gasteiger partial charge in [-0.25, -0.2) is 4.39 Å². The monoisotopic (exact) mass is 298 g/mol. The summed E-state index contributed by atoms with van der Waals surface area (Å²) >= 11 is 5.87. The van der Waals surface area contributed by atoms with Gasteiger partial charge in [-0.2, -0.15) is 0 Å². The summed E-state index contributed by atoms with van der Waals surface area (Å²) in [5, 5.41) is 3.82. The van der Waals surface area contributed by atoms with Crippen molar-refractivity contribution in [3.63, 3.8) is 0 Å². The van der Waals surface area contributed by atoms with Crippen LogP contribution in [-0.2, 0) is 0 Å².